The summed E-state index contributed by atoms with van der Waals surface area (Å²) >= 11 is 3.30. The highest BCUT2D eigenvalue weighted by Crippen LogP contribution is 2.28. The van der Waals surface area contributed by atoms with Crippen molar-refractivity contribution in [1.82, 2.24) is 0 Å². The van der Waals surface area contributed by atoms with E-state index in [1.165, 1.54) is 6.07 Å². The van der Waals surface area contributed by atoms with E-state index in [9.17, 15) is 4.39 Å². The lowest BCUT2D eigenvalue weighted by atomic mass is 9.97. The van der Waals surface area contributed by atoms with Gasteiger partial charge in [0.05, 0.1) is 0 Å². The van der Waals surface area contributed by atoms with Crippen LogP contribution in [-0.4, -0.2) is 0 Å². The van der Waals surface area contributed by atoms with Crippen LogP contribution in [0.15, 0.2) is 22.7 Å². The van der Waals surface area contributed by atoms with Gasteiger partial charge in [-0.1, -0.05) is 35.8 Å². The third-order valence-corrected chi connectivity index (χ3v) is 2.74. The first-order valence-corrected chi connectivity index (χ1v) is 5.03. The van der Waals surface area contributed by atoms with Crippen molar-refractivity contribution in [2.45, 2.75) is 19.9 Å². The second-order valence-corrected chi connectivity index (χ2v) is 4.26. The molecule has 80 valence electrons. The minimum atomic E-state index is -0.254. The van der Waals surface area contributed by atoms with Crippen molar-refractivity contribution in [3.8, 4) is 0 Å². The minimum absolute atomic E-state index is 0. The van der Waals surface area contributed by atoms with Gasteiger partial charge in [-0.05, 0) is 18.1 Å². The third-order valence-electron chi connectivity index (χ3n) is 2.05. The number of halogens is 3. The Hall–Kier alpha value is -0.120. The highest BCUT2D eigenvalue weighted by atomic mass is 79.9. The van der Waals surface area contributed by atoms with Gasteiger partial charge in [0.15, 0.2) is 0 Å². The van der Waals surface area contributed by atoms with Crippen LogP contribution in [0.4, 0.5) is 4.39 Å². The van der Waals surface area contributed by atoms with Crippen molar-refractivity contribution in [3.63, 3.8) is 0 Å². The van der Waals surface area contributed by atoms with E-state index in [1.54, 1.807) is 12.1 Å². The Kier molecular flexibility index (Phi) is 5.64. The van der Waals surface area contributed by atoms with Crippen LogP contribution < -0.4 is 5.73 Å². The van der Waals surface area contributed by atoms with Gasteiger partial charge < -0.3 is 5.73 Å². The quantitative estimate of drug-likeness (QED) is 0.880. The summed E-state index contributed by atoms with van der Waals surface area (Å²) < 4.78 is 14.1. The molecule has 0 amide bonds. The Balaban J connectivity index is 0.00000169. The molecule has 1 nitrogen and oxygen atoms in total. The van der Waals surface area contributed by atoms with Gasteiger partial charge in [-0.3, -0.25) is 0 Å². The number of hydrogen-bond acceptors (Lipinski definition) is 1. The van der Waals surface area contributed by atoms with Gasteiger partial charge in [0.25, 0.3) is 0 Å². The molecule has 0 aromatic heterocycles. The molecule has 1 aromatic carbocycles. The topological polar surface area (TPSA) is 26.0 Å². The van der Waals surface area contributed by atoms with E-state index in [4.69, 9.17) is 5.73 Å². The van der Waals surface area contributed by atoms with Crippen molar-refractivity contribution in [3.05, 3.63) is 34.1 Å². The number of rotatable bonds is 2. The van der Waals surface area contributed by atoms with Gasteiger partial charge in [-0.15, -0.1) is 12.4 Å². The molecule has 1 aromatic rings. The standard InChI is InChI=1S/C10H13BrFN.ClH/c1-6(2)10(13)9-7(11)4-3-5-8(9)12;/h3-6,10H,13H2,1-2H3;1H/t10-;/m1./s1. The zero-order chi connectivity index (χ0) is 10.0. The van der Waals surface area contributed by atoms with Crippen molar-refractivity contribution in [2.24, 2.45) is 11.7 Å². The van der Waals surface area contributed by atoms with Crippen molar-refractivity contribution >= 4 is 28.3 Å². The van der Waals surface area contributed by atoms with E-state index < -0.39 is 0 Å². The molecule has 14 heavy (non-hydrogen) atoms. The van der Waals surface area contributed by atoms with Crippen LogP contribution in [0.1, 0.15) is 25.5 Å². The fourth-order valence-electron chi connectivity index (χ4n) is 1.16. The smallest absolute Gasteiger partial charge is 0.129 e. The average Bonchev–Trinajstić information content (AvgIpc) is 2.03. The first kappa shape index (κ1) is 13.9. The van der Waals surface area contributed by atoms with Crippen LogP contribution in [0.3, 0.4) is 0 Å². The number of nitrogens with two attached hydrogens (primary N) is 1. The maximum absolute atomic E-state index is 13.4. The first-order valence-electron chi connectivity index (χ1n) is 4.23. The largest absolute Gasteiger partial charge is 0.324 e. The summed E-state index contributed by atoms with van der Waals surface area (Å²) in [5, 5.41) is 0. The molecule has 0 saturated carbocycles. The molecule has 0 aliphatic carbocycles. The molecule has 4 heteroatoms. The Bertz CT molecular complexity index is 284. The summed E-state index contributed by atoms with van der Waals surface area (Å²) in [5.74, 6) is -0.0104. The van der Waals surface area contributed by atoms with Gasteiger partial charge in [-0.25, -0.2) is 4.39 Å². The monoisotopic (exact) mass is 281 g/mol. The number of hydrogen-bond donors (Lipinski definition) is 1. The Morgan fingerprint density at radius 1 is 1.36 bits per heavy atom. The summed E-state index contributed by atoms with van der Waals surface area (Å²) in [6.07, 6.45) is 0. The summed E-state index contributed by atoms with van der Waals surface area (Å²) in [5.41, 5.74) is 6.44. The second kappa shape index (κ2) is 5.69. The molecule has 0 aliphatic heterocycles. The molecule has 0 saturated heterocycles. The van der Waals surface area contributed by atoms with Gasteiger partial charge >= 0.3 is 0 Å². The average molecular weight is 283 g/mol. The van der Waals surface area contributed by atoms with Crippen LogP contribution in [-0.2, 0) is 0 Å². The summed E-state index contributed by atoms with van der Waals surface area (Å²) in [4.78, 5) is 0. The SMILES string of the molecule is CC(C)[C@@H](N)c1c(F)cccc1Br.Cl. The maximum atomic E-state index is 13.4. The van der Waals surface area contributed by atoms with Crippen LogP contribution in [0.5, 0.6) is 0 Å². The van der Waals surface area contributed by atoms with Gasteiger partial charge in [0.1, 0.15) is 5.82 Å². The molecular weight excluding hydrogens is 268 g/mol. The third kappa shape index (κ3) is 2.94. The van der Waals surface area contributed by atoms with Gasteiger partial charge in [0, 0.05) is 16.1 Å². The molecule has 2 N–H and O–H groups in total. The lowest BCUT2D eigenvalue weighted by molar-refractivity contribution is 0.483. The zero-order valence-corrected chi connectivity index (χ0v) is 10.5. The highest BCUT2D eigenvalue weighted by molar-refractivity contribution is 9.10. The molecule has 0 unspecified atom stereocenters. The molecule has 0 fully saturated rings. The molecule has 1 rings (SSSR count). The predicted octanol–water partition coefficient (Wildman–Crippen LogP) is 3.67. The van der Waals surface area contributed by atoms with E-state index in [1.807, 2.05) is 13.8 Å². The second-order valence-electron chi connectivity index (χ2n) is 3.41. The Labute approximate surface area is 98.4 Å². The fraction of sp³-hybridized carbons (Fsp3) is 0.400. The van der Waals surface area contributed by atoms with Gasteiger partial charge in [0.2, 0.25) is 0 Å². The van der Waals surface area contributed by atoms with Crippen molar-refractivity contribution in [1.29, 1.82) is 0 Å². The fourth-order valence-corrected chi connectivity index (χ4v) is 1.77. The molecule has 0 heterocycles. The lowest BCUT2D eigenvalue weighted by Gasteiger charge is -2.18. The lowest BCUT2D eigenvalue weighted by Crippen LogP contribution is -2.18. The first-order chi connectivity index (χ1) is 6.04. The predicted molar refractivity (Wildman–Crippen MR) is 63.1 cm³/mol. The zero-order valence-electron chi connectivity index (χ0n) is 8.13. The van der Waals surface area contributed by atoms with Crippen molar-refractivity contribution < 1.29 is 4.39 Å². The summed E-state index contributed by atoms with van der Waals surface area (Å²) in [6, 6.07) is 4.65. The molecule has 0 radical (unpaired) electrons. The Morgan fingerprint density at radius 2 is 1.93 bits per heavy atom. The number of benzene rings is 1. The maximum Gasteiger partial charge on any atom is 0.129 e. The van der Waals surface area contributed by atoms with E-state index in [0.29, 0.717) is 5.56 Å². The van der Waals surface area contributed by atoms with Crippen LogP contribution in [0.2, 0.25) is 0 Å². The van der Waals surface area contributed by atoms with E-state index in [0.717, 1.165) is 4.47 Å². The van der Waals surface area contributed by atoms with Crippen molar-refractivity contribution in [2.75, 3.05) is 0 Å². The molecule has 1 atom stereocenters. The van der Waals surface area contributed by atoms with E-state index in [-0.39, 0.29) is 30.2 Å². The van der Waals surface area contributed by atoms with Gasteiger partial charge in [-0.2, -0.15) is 0 Å². The molecule has 0 spiro atoms. The molecular formula is C10H14BrClFN. The van der Waals surface area contributed by atoms with E-state index in [2.05, 4.69) is 15.9 Å². The van der Waals surface area contributed by atoms with Crippen LogP contribution in [0, 0.1) is 11.7 Å². The highest BCUT2D eigenvalue weighted by Gasteiger charge is 2.17. The van der Waals surface area contributed by atoms with Crippen LogP contribution in [0.25, 0.3) is 0 Å². The normalized spacial score (nSPS) is 12.4. The molecule has 0 bridgehead atoms. The molecule has 0 aliphatic rings. The Morgan fingerprint density at radius 3 is 2.36 bits per heavy atom. The minimum Gasteiger partial charge on any atom is -0.324 e. The van der Waals surface area contributed by atoms with Crippen LogP contribution >= 0.6 is 28.3 Å². The summed E-state index contributed by atoms with van der Waals surface area (Å²) in [7, 11) is 0. The van der Waals surface area contributed by atoms with E-state index >= 15 is 0 Å². The summed E-state index contributed by atoms with van der Waals surface area (Å²) in [6.45, 7) is 3.95.